The molecular formula is C18H30FN5O3Si. The minimum absolute atomic E-state index is 0.0848. The van der Waals surface area contributed by atoms with Crippen LogP contribution in [0.25, 0.3) is 11.2 Å². The van der Waals surface area contributed by atoms with Gasteiger partial charge in [-0.05, 0) is 25.1 Å². The zero-order chi connectivity index (χ0) is 20.9. The molecule has 2 aromatic heterocycles. The number of nitrogens with zero attached hydrogens (tertiary/aromatic N) is 4. The average molecular weight is 412 g/mol. The highest BCUT2D eigenvalue weighted by atomic mass is 28.4. The molecule has 0 amide bonds. The molecule has 1 aliphatic heterocycles. The van der Waals surface area contributed by atoms with Crippen molar-refractivity contribution in [1.82, 2.24) is 19.5 Å². The number of aliphatic hydroxyl groups excluding tert-OH is 1. The molecule has 2 aromatic rings. The van der Waals surface area contributed by atoms with Crippen LogP contribution in [0.2, 0.25) is 18.1 Å². The number of rotatable bonds is 5. The number of aromatic nitrogens is 4. The minimum atomic E-state index is -2.25. The van der Waals surface area contributed by atoms with E-state index in [-0.39, 0.29) is 11.6 Å². The molecule has 2 N–H and O–H groups in total. The Balaban J connectivity index is 1.97. The number of alkyl halides is 1. The lowest BCUT2D eigenvalue weighted by molar-refractivity contribution is -0.0445. The second kappa shape index (κ2) is 7.32. The van der Waals surface area contributed by atoms with Gasteiger partial charge >= 0.3 is 0 Å². The van der Waals surface area contributed by atoms with E-state index in [0.717, 1.165) is 0 Å². The number of ether oxygens (including phenoxy) is 1. The van der Waals surface area contributed by atoms with E-state index >= 15 is 4.39 Å². The third kappa shape index (κ3) is 3.54. The van der Waals surface area contributed by atoms with Crippen LogP contribution in [0.15, 0.2) is 6.33 Å². The first-order valence-electron chi connectivity index (χ1n) is 9.47. The van der Waals surface area contributed by atoms with Gasteiger partial charge in [-0.25, -0.2) is 19.3 Å². The van der Waals surface area contributed by atoms with Crippen LogP contribution in [0, 0.1) is 6.92 Å². The van der Waals surface area contributed by atoms with E-state index in [1.165, 1.54) is 6.33 Å². The van der Waals surface area contributed by atoms with Crippen molar-refractivity contribution in [3.63, 3.8) is 0 Å². The third-order valence-corrected chi connectivity index (χ3v) is 10.2. The number of fused-ring (bicyclic) bond motifs is 1. The molecule has 1 aliphatic rings. The summed E-state index contributed by atoms with van der Waals surface area (Å²) in [7, 11) is -0.508. The van der Waals surface area contributed by atoms with Crippen LogP contribution in [-0.4, -0.2) is 65.0 Å². The molecule has 3 rings (SSSR count). The standard InChI is InChI=1S/C18H30FN5O3Si/c1-10-22-15(20-5)13-16(23-10)24(9-21-13)17-12(19)14(11(8-25)26-17)27-28(6,7)18(2,3)4/h9,11-12,14,17,25H,8H2,1-7H3,(H,20,22,23)/t11-,12+,14?,17-/m1/s1. The second-order valence-corrected chi connectivity index (χ2v) is 13.5. The van der Waals surface area contributed by atoms with Crippen LogP contribution in [0.3, 0.4) is 0 Å². The molecule has 28 heavy (non-hydrogen) atoms. The fraction of sp³-hybridized carbons (Fsp3) is 0.722. The molecule has 4 atom stereocenters. The number of anilines is 1. The third-order valence-electron chi connectivity index (χ3n) is 5.73. The summed E-state index contributed by atoms with van der Waals surface area (Å²) < 4.78 is 29.3. The van der Waals surface area contributed by atoms with Crippen molar-refractivity contribution in [2.45, 2.75) is 70.4 Å². The molecule has 1 saturated heterocycles. The molecule has 0 aromatic carbocycles. The average Bonchev–Trinajstić information content (AvgIpc) is 3.14. The van der Waals surface area contributed by atoms with E-state index in [2.05, 4.69) is 54.1 Å². The van der Waals surface area contributed by atoms with Crippen molar-refractivity contribution in [3.8, 4) is 0 Å². The quantitative estimate of drug-likeness (QED) is 0.731. The SMILES string of the molecule is CNc1nc(C)nc2c1ncn2[C@@H]1O[C@H](CO)C(O[Si](C)(C)C(C)(C)C)[C@@H]1F. The zero-order valence-corrected chi connectivity index (χ0v) is 18.5. The molecule has 0 bridgehead atoms. The first kappa shape index (κ1) is 21.1. The molecule has 3 heterocycles. The fourth-order valence-electron chi connectivity index (χ4n) is 3.11. The van der Waals surface area contributed by atoms with E-state index in [1.54, 1.807) is 18.5 Å². The minimum Gasteiger partial charge on any atom is -0.408 e. The van der Waals surface area contributed by atoms with Crippen molar-refractivity contribution in [3.05, 3.63) is 12.2 Å². The van der Waals surface area contributed by atoms with Crippen molar-refractivity contribution in [1.29, 1.82) is 0 Å². The molecule has 1 fully saturated rings. The Hall–Kier alpha value is -1.62. The summed E-state index contributed by atoms with van der Waals surface area (Å²) in [6.45, 7) is 11.8. The van der Waals surface area contributed by atoms with Crippen molar-refractivity contribution < 1.29 is 18.7 Å². The topological polar surface area (TPSA) is 94.3 Å². The highest BCUT2D eigenvalue weighted by molar-refractivity contribution is 6.74. The van der Waals surface area contributed by atoms with Gasteiger partial charge in [0.15, 0.2) is 37.7 Å². The maximum absolute atomic E-state index is 15.5. The summed E-state index contributed by atoms with van der Waals surface area (Å²) in [5.41, 5.74) is 1.02. The van der Waals surface area contributed by atoms with Gasteiger partial charge in [-0.3, -0.25) is 4.57 Å². The van der Waals surface area contributed by atoms with Gasteiger partial charge in [0.2, 0.25) is 0 Å². The van der Waals surface area contributed by atoms with Gasteiger partial charge < -0.3 is 19.6 Å². The van der Waals surface area contributed by atoms with Crippen LogP contribution in [0.5, 0.6) is 0 Å². The van der Waals surface area contributed by atoms with E-state index in [4.69, 9.17) is 9.16 Å². The molecule has 0 saturated carbocycles. The Kier molecular flexibility index (Phi) is 5.52. The van der Waals surface area contributed by atoms with Gasteiger partial charge in [0.05, 0.1) is 12.9 Å². The Morgan fingerprint density at radius 3 is 2.61 bits per heavy atom. The van der Waals surface area contributed by atoms with Gasteiger partial charge in [-0.15, -0.1) is 0 Å². The normalized spacial score (nSPS) is 26.2. The predicted octanol–water partition coefficient (Wildman–Crippen LogP) is 2.79. The van der Waals surface area contributed by atoms with Crippen LogP contribution < -0.4 is 5.32 Å². The number of aliphatic hydroxyl groups is 1. The Labute approximate surface area is 165 Å². The maximum atomic E-state index is 15.5. The Morgan fingerprint density at radius 2 is 2.04 bits per heavy atom. The first-order chi connectivity index (χ1) is 13.0. The largest absolute Gasteiger partial charge is 0.408 e. The molecule has 0 aliphatic carbocycles. The van der Waals surface area contributed by atoms with E-state index in [9.17, 15) is 5.11 Å². The molecule has 0 radical (unpaired) electrons. The molecular weight excluding hydrogens is 381 g/mol. The number of hydrogen-bond donors (Lipinski definition) is 2. The van der Waals surface area contributed by atoms with Gasteiger partial charge in [-0.2, -0.15) is 0 Å². The molecule has 0 spiro atoms. The molecule has 1 unspecified atom stereocenters. The smallest absolute Gasteiger partial charge is 0.192 e. The number of nitrogens with one attached hydrogen (secondary N) is 1. The van der Waals surface area contributed by atoms with E-state index in [1.807, 2.05) is 0 Å². The summed E-state index contributed by atoms with van der Waals surface area (Å²) >= 11 is 0. The number of imidazole rings is 1. The summed E-state index contributed by atoms with van der Waals surface area (Å²) in [5.74, 6) is 1.11. The Bertz CT molecular complexity index is 854. The van der Waals surface area contributed by atoms with Gasteiger partial charge in [0.1, 0.15) is 18.0 Å². The number of hydrogen-bond acceptors (Lipinski definition) is 7. The Morgan fingerprint density at radius 1 is 1.36 bits per heavy atom. The summed E-state index contributed by atoms with van der Waals surface area (Å²) in [6, 6.07) is 0. The van der Waals surface area contributed by atoms with Crippen molar-refractivity contribution in [2.75, 3.05) is 19.0 Å². The molecule has 8 nitrogen and oxygen atoms in total. The number of halogens is 1. The summed E-state index contributed by atoms with van der Waals surface area (Å²) in [6.07, 6.45) is -2.54. The molecule has 10 heteroatoms. The van der Waals surface area contributed by atoms with Crippen LogP contribution in [-0.2, 0) is 9.16 Å². The summed E-state index contributed by atoms with van der Waals surface area (Å²) in [5, 5.41) is 12.7. The fourth-order valence-corrected chi connectivity index (χ4v) is 4.42. The van der Waals surface area contributed by atoms with Gasteiger partial charge in [0.25, 0.3) is 0 Å². The van der Waals surface area contributed by atoms with Crippen LogP contribution in [0.1, 0.15) is 32.8 Å². The monoisotopic (exact) mass is 411 g/mol. The number of aryl methyl sites for hydroxylation is 1. The second-order valence-electron chi connectivity index (χ2n) is 8.73. The van der Waals surface area contributed by atoms with Crippen LogP contribution in [0.4, 0.5) is 10.2 Å². The maximum Gasteiger partial charge on any atom is 0.192 e. The zero-order valence-electron chi connectivity index (χ0n) is 17.5. The molecule has 156 valence electrons. The lowest BCUT2D eigenvalue weighted by Gasteiger charge is -2.39. The highest BCUT2D eigenvalue weighted by Gasteiger charge is 2.51. The highest BCUT2D eigenvalue weighted by Crippen LogP contribution is 2.42. The van der Waals surface area contributed by atoms with Gasteiger partial charge in [0, 0.05) is 7.05 Å². The first-order valence-corrected chi connectivity index (χ1v) is 12.4. The predicted molar refractivity (Wildman–Crippen MR) is 108 cm³/mol. The lowest BCUT2D eigenvalue weighted by atomic mass is 10.1. The van der Waals surface area contributed by atoms with Gasteiger partial charge in [-0.1, -0.05) is 20.8 Å². The van der Waals surface area contributed by atoms with Crippen molar-refractivity contribution in [2.24, 2.45) is 0 Å². The van der Waals surface area contributed by atoms with Crippen molar-refractivity contribution >= 4 is 25.3 Å². The van der Waals surface area contributed by atoms with E-state index < -0.39 is 32.9 Å². The summed E-state index contributed by atoms with van der Waals surface area (Å²) in [4.78, 5) is 13.1. The van der Waals surface area contributed by atoms with Crippen LogP contribution >= 0.6 is 0 Å². The lowest BCUT2D eigenvalue weighted by Crippen LogP contribution is -2.49. The van der Waals surface area contributed by atoms with E-state index in [0.29, 0.717) is 22.8 Å².